The molecule has 1 aromatic carbocycles. The molecule has 0 aliphatic heterocycles. The van der Waals surface area contributed by atoms with Gasteiger partial charge in [0, 0.05) is 11.1 Å². The van der Waals surface area contributed by atoms with Gasteiger partial charge in [-0.3, -0.25) is 4.79 Å². The summed E-state index contributed by atoms with van der Waals surface area (Å²) in [6.07, 6.45) is 1.38. The largest absolute Gasteiger partial charge is 0.481 e. The third-order valence-corrected chi connectivity index (χ3v) is 5.45. The summed E-state index contributed by atoms with van der Waals surface area (Å²) in [5.74, 6) is -1.33. The zero-order valence-electron chi connectivity index (χ0n) is 11.0. The van der Waals surface area contributed by atoms with Crippen molar-refractivity contribution in [3.05, 3.63) is 28.8 Å². The number of sulfonamides is 1. The molecule has 110 valence electrons. The van der Waals surface area contributed by atoms with E-state index in [-0.39, 0.29) is 10.9 Å². The van der Waals surface area contributed by atoms with Gasteiger partial charge in [-0.25, -0.2) is 13.1 Å². The molecular weight excluding hydrogens is 302 g/mol. The summed E-state index contributed by atoms with van der Waals surface area (Å²) in [6, 6.07) is 4.25. The van der Waals surface area contributed by atoms with E-state index in [9.17, 15) is 13.2 Å². The van der Waals surface area contributed by atoms with E-state index in [1.54, 1.807) is 13.0 Å². The topological polar surface area (TPSA) is 83.5 Å². The number of aliphatic carboxylic acids is 1. The van der Waals surface area contributed by atoms with Crippen LogP contribution >= 0.6 is 11.6 Å². The summed E-state index contributed by atoms with van der Waals surface area (Å²) in [6.45, 7) is 1.68. The Balaban J connectivity index is 2.14. The van der Waals surface area contributed by atoms with Crippen LogP contribution in [0, 0.1) is 12.8 Å². The fourth-order valence-electron chi connectivity index (χ4n) is 2.51. The highest BCUT2D eigenvalue weighted by Crippen LogP contribution is 2.27. The molecule has 2 N–H and O–H groups in total. The van der Waals surface area contributed by atoms with E-state index in [0.29, 0.717) is 29.8 Å². The third-order valence-electron chi connectivity index (χ3n) is 3.53. The Kier molecular flexibility index (Phi) is 4.36. The number of aryl methyl sites for hydroxylation is 1. The molecule has 1 aromatic rings. The molecule has 0 amide bonds. The normalized spacial score (nSPS) is 22.9. The summed E-state index contributed by atoms with van der Waals surface area (Å²) in [4.78, 5) is 11.1. The first-order chi connectivity index (χ1) is 9.29. The van der Waals surface area contributed by atoms with E-state index in [4.69, 9.17) is 16.7 Å². The van der Waals surface area contributed by atoms with Crippen LogP contribution in [-0.4, -0.2) is 25.5 Å². The Labute approximate surface area is 123 Å². The highest BCUT2D eigenvalue weighted by Gasteiger charge is 2.32. The number of halogens is 1. The van der Waals surface area contributed by atoms with Crippen LogP contribution in [0.1, 0.15) is 24.8 Å². The summed E-state index contributed by atoms with van der Waals surface area (Å²) in [5.41, 5.74) is 0.567. The van der Waals surface area contributed by atoms with Crippen LogP contribution in [0.25, 0.3) is 0 Å². The van der Waals surface area contributed by atoms with Crippen LogP contribution in [-0.2, 0) is 14.8 Å². The first kappa shape index (κ1) is 15.3. The van der Waals surface area contributed by atoms with Crippen molar-refractivity contribution >= 4 is 27.6 Å². The van der Waals surface area contributed by atoms with Crippen molar-refractivity contribution in [2.24, 2.45) is 5.92 Å². The zero-order chi connectivity index (χ0) is 14.9. The van der Waals surface area contributed by atoms with Crippen LogP contribution in [0.2, 0.25) is 5.02 Å². The van der Waals surface area contributed by atoms with Gasteiger partial charge in [-0.05, 0) is 49.9 Å². The number of carboxylic acids is 1. The highest BCUT2D eigenvalue weighted by atomic mass is 35.5. The molecule has 0 spiro atoms. The summed E-state index contributed by atoms with van der Waals surface area (Å²) in [5, 5.41) is 9.41. The van der Waals surface area contributed by atoms with E-state index in [0.717, 1.165) is 0 Å². The molecule has 1 aliphatic rings. The lowest BCUT2D eigenvalue weighted by molar-refractivity contribution is -0.141. The Morgan fingerprint density at radius 1 is 1.40 bits per heavy atom. The number of carboxylic acid groups (broad SMARTS) is 1. The van der Waals surface area contributed by atoms with Crippen molar-refractivity contribution < 1.29 is 18.3 Å². The average molecular weight is 318 g/mol. The first-order valence-electron chi connectivity index (χ1n) is 6.31. The zero-order valence-corrected chi connectivity index (χ0v) is 12.5. The van der Waals surface area contributed by atoms with Gasteiger partial charge >= 0.3 is 5.97 Å². The van der Waals surface area contributed by atoms with Gasteiger partial charge < -0.3 is 5.11 Å². The molecule has 0 saturated heterocycles. The lowest BCUT2D eigenvalue weighted by atomic mass is 10.1. The molecule has 0 heterocycles. The summed E-state index contributed by atoms with van der Waals surface area (Å²) < 4.78 is 27.2. The molecule has 0 aromatic heterocycles. The fraction of sp³-hybridized carbons (Fsp3) is 0.462. The molecule has 1 fully saturated rings. The van der Waals surface area contributed by atoms with E-state index in [1.807, 2.05) is 0 Å². The van der Waals surface area contributed by atoms with Crippen molar-refractivity contribution in [2.45, 2.75) is 37.1 Å². The molecule has 2 unspecified atom stereocenters. The van der Waals surface area contributed by atoms with E-state index in [1.165, 1.54) is 12.1 Å². The second-order valence-electron chi connectivity index (χ2n) is 5.08. The monoisotopic (exact) mass is 317 g/mol. The van der Waals surface area contributed by atoms with Gasteiger partial charge in [-0.15, -0.1) is 0 Å². The van der Waals surface area contributed by atoms with Crippen LogP contribution < -0.4 is 4.72 Å². The molecule has 2 rings (SSSR count). The Hall–Kier alpha value is -1.11. The number of nitrogens with one attached hydrogen (secondary N) is 1. The van der Waals surface area contributed by atoms with Gasteiger partial charge in [0.2, 0.25) is 10.0 Å². The Bertz CT molecular complexity index is 629. The molecule has 7 heteroatoms. The quantitative estimate of drug-likeness (QED) is 0.891. The van der Waals surface area contributed by atoms with E-state index in [2.05, 4.69) is 4.72 Å². The minimum absolute atomic E-state index is 0.181. The van der Waals surface area contributed by atoms with Crippen molar-refractivity contribution in [3.63, 3.8) is 0 Å². The smallest absolute Gasteiger partial charge is 0.306 e. The molecule has 20 heavy (non-hydrogen) atoms. The van der Waals surface area contributed by atoms with Gasteiger partial charge in [0.05, 0.1) is 10.8 Å². The minimum atomic E-state index is -3.64. The van der Waals surface area contributed by atoms with Crippen LogP contribution in [0.15, 0.2) is 23.1 Å². The molecule has 1 aliphatic carbocycles. The molecule has 0 radical (unpaired) electrons. The molecular formula is C13H16ClNO4S. The Morgan fingerprint density at radius 3 is 2.65 bits per heavy atom. The second kappa shape index (κ2) is 5.71. The van der Waals surface area contributed by atoms with Crippen LogP contribution in [0.5, 0.6) is 0 Å². The van der Waals surface area contributed by atoms with Crippen molar-refractivity contribution in [3.8, 4) is 0 Å². The number of carbonyl (C=O) groups is 1. The number of hydrogen-bond donors (Lipinski definition) is 2. The number of benzene rings is 1. The molecule has 1 saturated carbocycles. The van der Waals surface area contributed by atoms with Crippen molar-refractivity contribution in [2.75, 3.05) is 0 Å². The predicted octanol–water partition coefficient (Wildman–Crippen LogP) is 2.18. The minimum Gasteiger partial charge on any atom is -0.481 e. The lowest BCUT2D eigenvalue weighted by Gasteiger charge is -2.14. The van der Waals surface area contributed by atoms with E-state index < -0.39 is 21.9 Å². The summed E-state index contributed by atoms with van der Waals surface area (Å²) >= 11 is 5.81. The standard InChI is InChI=1S/C13H16ClNO4S/c1-8-6-10(14)3-5-12(8)20(18,19)15-11-4-2-9(7-11)13(16)17/h3,5-6,9,11,15H,2,4,7H2,1H3,(H,16,17). The van der Waals surface area contributed by atoms with Gasteiger partial charge in [0.25, 0.3) is 0 Å². The average Bonchev–Trinajstić information content (AvgIpc) is 2.76. The van der Waals surface area contributed by atoms with Crippen LogP contribution in [0.3, 0.4) is 0 Å². The molecule has 5 nitrogen and oxygen atoms in total. The number of hydrogen-bond acceptors (Lipinski definition) is 3. The maximum Gasteiger partial charge on any atom is 0.306 e. The lowest BCUT2D eigenvalue weighted by Crippen LogP contribution is -2.33. The Morgan fingerprint density at radius 2 is 2.10 bits per heavy atom. The van der Waals surface area contributed by atoms with E-state index >= 15 is 0 Å². The summed E-state index contributed by atoms with van der Waals surface area (Å²) in [7, 11) is -3.64. The highest BCUT2D eigenvalue weighted by molar-refractivity contribution is 7.89. The van der Waals surface area contributed by atoms with Gasteiger partial charge in [-0.2, -0.15) is 0 Å². The van der Waals surface area contributed by atoms with Gasteiger partial charge in [-0.1, -0.05) is 11.6 Å². The third kappa shape index (κ3) is 3.31. The fourth-order valence-corrected chi connectivity index (χ4v) is 4.25. The van der Waals surface area contributed by atoms with Crippen molar-refractivity contribution in [1.82, 2.24) is 4.72 Å². The molecule has 2 atom stereocenters. The first-order valence-corrected chi connectivity index (χ1v) is 8.17. The predicted molar refractivity (Wildman–Crippen MR) is 75.3 cm³/mol. The second-order valence-corrected chi connectivity index (χ2v) is 7.20. The molecule has 0 bridgehead atoms. The van der Waals surface area contributed by atoms with Crippen molar-refractivity contribution in [1.29, 1.82) is 0 Å². The maximum absolute atomic E-state index is 12.3. The van der Waals surface area contributed by atoms with Gasteiger partial charge in [0.15, 0.2) is 0 Å². The SMILES string of the molecule is Cc1cc(Cl)ccc1S(=O)(=O)NC1CCC(C(=O)O)C1. The number of rotatable bonds is 4. The van der Waals surface area contributed by atoms with Crippen LogP contribution in [0.4, 0.5) is 0 Å². The maximum atomic E-state index is 12.3. The van der Waals surface area contributed by atoms with Gasteiger partial charge in [0.1, 0.15) is 0 Å².